The van der Waals surface area contributed by atoms with Crippen LogP contribution in [0.5, 0.6) is 0 Å². The summed E-state index contributed by atoms with van der Waals surface area (Å²) < 4.78 is 1.19. The smallest absolute Gasteiger partial charge is 0.0474 e. The van der Waals surface area contributed by atoms with Crippen molar-refractivity contribution in [2.24, 2.45) is 0 Å². The second-order valence-electron chi connectivity index (χ2n) is 5.41. The molecule has 0 aliphatic rings. The maximum absolute atomic E-state index is 3.71. The van der Waals surface area contributed by atoms with Gasteiger partial charge in [-0.05, 0) is 39.5 Å². The van der Waals surface area contributed by atoms with Crippen molar-refractivity contribution in [3.63, 3.8) is 0 Å². The van der Waals surface area contributed by atoms with E-state index in [0.29, 0.717) is 12.0 Å². The summed E-state index contributed by atoms with van der Waals surface area (Å²) in [6.45, 7) is 9.64. The minimum Gasteiger partial charge on any atom is -0.356 e. The van der Waals surface area contributed by atoms with Gasteiger partial charge >= 0.3 is 0 Å². The van der Waals surface area contributed by atoms with Crippen molar-refractivity contribution in [2.75, 3.05) is 0 Å². The average molecular weight is 309 g/mol. The number of hydrogen-bond acceptors (Lipinski definition) is 1. The van der Waals surface area contributed by atoms with E-state index in [9.17, 15) is 0 Å². The van der Waals surface area contributed by atoms with E-state index in [1.165, 1.54) is 26.6 Å². The molecular weight excluding hydrogens is 288 g/mol. The number of aromatic amines is 1. The van der Waals surface area contributed by atoms with Crippen LogP contribution in [0.1, 0.15) is 44.9 Å². The normalized spacial score (nSPS) is 11.9. The zero-order chi connectivity index (χ0) is 13.3. The predicted molar refractivity (Wildman–Crippen MR) is 82.1 cm³/mol. The topological polar surface area (TPSA) is 27.8 Å². The van der Waals surface area contributed by atoms with Gasteiger partial charge in [0.2, 0.25) is 0 Å². The maximum atomic E-state index is 3.71. The number of nitrogens with one attached hydrogen (secondary N) is 2. The lowest BCUT2D eigenvalue weighted by Crippen LogP contribution is -2.22. The van der Waals surface area contributed by atoms with Gasteiger partial charge in [-0.15, -0.1) is 0 Å². The monoisotopic (exact) mass is 308 g/mol. The Bertz CT molecular complexity index is 541. The third-order valence-electron chi connectivity index (χ3n) is 3.18. The molecule has 0 fully saturated rings. The number of halogens is 1. The fourth-order valence-electron chi connectivity index (χ4n) is 2.02. The molecule has 0 saturated carbocycles. The van der Waals surface area contributed by atoms with Crippen LogP contribution in [0.15, 0.2) is 22.7 Å². The van der Waals surface area contributed by atoms with Gasteiger partial charge in [-0.25, -0.2) is 0 Å². The van der Waals surface area contributed by atoms with Crippen LogP contribution in [0.25, 0.3) is 10.9 Å². The second kappa shape index (κ2) is 5.45. The molecule has 0 atom stereocenters. The van der Waals surface area contributed by atoms with Crippen LogP contribution in [0.3, 0.4) is 0 Å². The van der Waals surface area contributed by atoms with Crippen LogP contribution in [-0.4, -0.2) is 11.0 Å². The van der Waals surface area contributed by atoms with Crippen LogP contribution < -0.4 is 5.32 Å². The first kappa shape index (κ1) is 13.6. The summed E-state index contributed by atoms with van der Waals surface area (Å²) in [6.07, 6.45) is 0. The molecule has 98 valence electrons. The van der Waals surface area contributed by atoms with Gasteiger partial charge in [0.15, 0.2) is 0 Å². The van der Waals surface area contributed by atoms with Crippen molar-refractivity contribution >= 4 is 26.8 Å². The number of fused-ring (bicyclic) bond motifs is 1. The van der Waals surface area contributed by atoms with Crippen LogP contribution in [-0.2, 0) is 6.54 Å². The zero-order valence-electron chi connectivity index (χ0n) is 11.5. The number of benzene rings is 1. The maximum Gasteiger partial charge on any atom is 0.0474 e. The summed E-state index contributed by atoms with van der Waals surface area (Å²) in [5, 5.41) is 4.72. The van der Waals surface area contributed by atoms with Crippen LogP contribution in [0.2, 0.25) is 0 Å². The molecule has 0 bridgehead atoms. The standard InChI is InChI=1S/C15H21BrN2/c1-9(2)11-5-6-13-12(7-11)15(16)14(18-13)8-17-10(3)4/h5-7,9-10,17-18H,8H2,1-4H3. The average Bonchev–Trinajstić information content (AvgIpc) is 2.63. The largest absolute Gasteiger partial charge is 0.356 e. The molecule has 3 heteroatoms. The summed E-state index contributed by atoms with van der Waals surface area (Å²) in [7, 11) is 0. The summed E-state index contributed by atoms with van der Waals surface area (Å²) in [5.74, 6) is 0.563. The van der Waals surface area contributed by atoms with Crippen molar-refractivity contribution in [2.45, 2.75) is 46.2 Å². The first-order valence-corrected chi connectivity index (χ1v) is 7.31. The molecule has 0 aliphatic carbocycles. The Hall–Kier alpha value is -0.800. The Morgan fingerprint density at radius 1 is 1.22 bits per heavy atom. The lowest BCUT2D eigenvalue weighted by Gasteiger charge is -2.06. The Kier molecular flexibility index (Phi) is 4.13. The van der Waals surface area contributed by atoms with Gasteiger partial charge < -0.3 is 10.3 Å². The van der Waals surface area contributed by atoms with E-state index in [4.69, 9.17) is 0 Å². The molecular formula is C15H21BrN2. The molecule has 0 saturated heterocycles. The molecule has 0 amide bonds. The molecule has 2 nitrogen and oxygen atoms in total. The molecule has 2 N–H and O–H groups in total. The van der Waals surface area contributed by atoms with E-state index in [1.807, 2.05) is 0 Å². The van der Waals surface area contributed by atoms with Gasteiger partial charge in [-0.1, -0.05) is 33.8 Å². The molecule has 0 unspecified atom stereocenters. The van der Waals surface area contributed by atoms with E-state index in [0.717, 1.165) is 6.54 Å². The number of hydrogen-bond donors (Lipinski definition) is 2. The van der Waals surface area contributed by atoms with Crippen molar-refractivity contribution in [1.82, 2.24) is 10.3 Å². The van der Waals surface area contributed by atoms with Gasteiger partial charge in [0, 0.05) is 33.7 Å². The summed E-state index contributed by atoms with van der Waals surface area (Å²) >= 11 is 3.71. The number of H-pyrrole nitrogens is 1. The van der Waals surface area contributed by atoms with Crippen molar-refractivity contribution < 1.29 is 0 Å². The summed E-state index contributed by atoms with van der Waals surface area (Å²) in [4.78, 5) is 3.48. The Morgan fingerprint density at radius 2 is 1.94 bits per heavy atom. The van der Waals surface area contributed by atoms with Gasteiger partial charge in [-0.3, -0.25) is 0 Å². The van der Waals surface area contributed by atoms with Crippen LogP contribution >= 0.6 is 15.9 Å². The van der Waals surface area contributed by atoms with Crippen molar-refractivity contribution in [3.8, 4) is 0 Å². The SMILES string of the molecule is CC(C)NCc1[nH]c2ccc(C(C)C)cc2c1Br. The highest BCUT2D eigenvalue weighted by molar-refractivity contribution is 9.10. The first-order valence-electron chi connectivity index (χ1n) is 6.52. The first-order chi connectivity index (χ1) is 8.49. The third-order valence-corrected chi connectivity index (χ3v) is 4.09. The Balaban J connectivity index is 2.37. The Morgan fingerprint density at radius 3 is 2.56 bits per heavy atom. The molecule has 1 aromatic heterocycles. The molecule has 0 radical (unpaired) electrons. The van der Waals surface area contributed by atoms with Gasteiger partial charge in [-0.2, -0.15) is 0 Å². The molecule has 2 aromatic rings. The molecule has 1 aromatic carbocycles. The summed E-state index contributed by atoms with van der Waals surface area (Å²) in [5.41, 5.74) is 3.80. The molecule has 1 heterocycles. The molecule has 0 spiro atoms. The van der Waals surface area contributed by atoms with E-state index in [1.54, 1.807) is 0 Å². The van der Waals surface area contributed by atoms with Crippen molar-refractivity contribution in [3.05, 3.63) is 33.9 Å². The van der Waals surface area contributed by atoms with E-state index in [2.05, 4.69) is 72.1 Å². The lowest BCUT2D eigenvalue weighted by molar-refractivity contribution is 0.582. The van der Waals surface area contributed by atoms with Crippen LogP contribution in [0, 0.1) is 0 Å². The minimum atomic E-state index is 0.495. The van der Waals surface area contributed by atoms with E-state index in [-0.39, 0.29) is 0 Å². The zero-order valence-corrected chi connectivity index (χ0v) is 13.1. The highest BCUT2D eigenvalue weighted by Gasteiger charge is 2.10. The quantitative estimate of drug-likeness (QED) is 0.852. The fourth-order valence-corrected chi connectivity index (χ4v) is 2.59. The molecule has 2 rings (SSSR count). The number of rotatable bonds is 4. The second-order valence-corrected chi connectivity index (χ2v) is 6.21. The summed E-state index contributed by atoms with van der Waals surface area (Å²) in [6, 6.07) is 7.15. The molecule has 18 heavy (non-hydrogen) atoms. The minimum absolute atomic E-state index is 0.495. The molecule has 0 aliphatic heterocycles. The van der Waals surface area contributed by atoms with Gasteiger partial charge in [0.1, 0.15) is 0 Å². The fraction of sp³-hybridized carbons (Fsp3) is 0.467. The van der Waals surface area contributed by atoms with E-state index < -0.39 is 0 Å². The van der Waals surface area contributed by atoms with Gasteiger partial charge in [0.05, 0.1) is 0 Å². The highest BCUT2D eigenvalue weighted by atomic mass is 79.9. The highest BCUT2D eigenvalue weighted by Crippen LogP contribution is 2.30. The van der Waals surface area contributed by atoms with Gasteiger partial charge in [0.25, 0.3) is 0 Å². The number of aromatic nitrogens is 1. The third kappa shape index (κ3) is 2.78. The van der Waals surface area contributed by atoms with Crippen LogP contribution in [0.4, 0.5) is 0 Å². The lowest BCUT2D eigenvalue weighted by atomic mass is 10.0. The Labute approximate surface area is 117 Å². The van der Waals surface area contributed by atoms with E-state index >= 15 is 0 Å². The predicted octanol–water partition coefficient (Wildman–Crippen LogP) is 4.55. The van der Waals surface area contributed by atoms with Crippen molar-refractivity contribution in [1.29, 1.82) is 0 Å².